The number of aliphatic imine (C=N–C) groups is 1. The van der Waals surface area contributed by atoms with E-state index in [4.69, 9.17) is 4.74 Å². The molecule has 8 nitrogen and oxygen atoms in total. The number of nitrogens with one attached hydrogen (secondary N) is 3. The molecule has 0 aliphatic carbocycles. The molecule has 0 bridgehead atoms. The van der Waals surface area contributed by atoms with Crippen LogP contribution >= 0.6 is 24.0 Å². The van der Waals surface area contributed by atoms with Crippen molar-refractivity contribution >= 4 is 41.9 Å². The normalized spacial score (nSPS) is 15.9. The Kier molecular flexibility index (Phi) is 12.6. The van der Waals surface area contributed by atoms with Gasteiger partial charge in [0.05, 0.1) is 12.6 Å². The second-order valence-corrected chi connectivity index (χ2v) is 5.92. The Labute approximate surface area is 167 Å². The lowest BCUT2D eigenvalue weighted by Gasteiger charge is -2.20. The number of halogens is 1. The third kappa shape index (κ3) is 8.70. The number of nitrogens with zero attached hydrogens (tertiary/aromatic N) is 2. The predicted octanol–water partition coefficient (Wildman–Crippen LogP) is 1.16. The van der Waals surface area contributed by atoms with Crippen LogP contribution < -0.4 is 16.0 Å². The number of carbonyl (C=O) groups is 2. The Morgan fingerprint density at radius 3 is 2.56 bits per heavy atom. The average molecular weight is 469 g/mol. The second kappa shape index (κ2) is 13.2. The van der Waals surface area contributed by atoms with Gasteiger partial charge in [-0.3, -0.25) is 14.7 Å². The summed E-state index contributed by atoms with van der Waals surface area (Å²) in [4.78, 5) is 28.7. The highest BCUT2D eigenvalue weighted by Crippen LogP contribution is 2.10. The molecule has 9 heteroatoms. The van der Waals surface area contributed by atoms with Crippen molar-refractivity contribution in [2.24, 2.45) is 10.9 Å². The van der Waals surface area contributed by atoms with Crippen molar-refractivity contribution in [3.05, 3.63) is 0 Å². The lowest BCUT2D eigenvalue weighted by atomic mass is 10.0. The summed E-state index contributed by atoms with van der Waals surface area (Å²) in [6, 6.07) is -0.333. The Hall–Kier alpha value is -1.10. The standard InChI is InChI=1S/C16H31N5O3.HI/c1-5-17-15(18-8-7-13(12(3)4)24-6-2)19-9-10-21-14(22)11-20-16(21)23;/h12-13H,5-11H2,1-4H3,(H,20,23)(H2,17,18,19);1H. The van der Waals surface area contributed by atoms with E-state index in [1.165, 1.54) is 4.90 Å². The van der Waals surface area contributed by atoms with Crippen LogP contribution in [0.1, 0.15) is 34.1 Å². The first-order valence-corrected chi connectivity index (χ1v) is 8.71. The Morgan fingerprint density at radius 1 is 1.32 bits per heavy atom. The Balaban J connectivity index is 0.00000576. The van der Waals surface area contributed by atoms with E-state index in [9.17, 15) is 9.59 Å². The highest BCUT2D eigenvalue weighted by molar-refractivity contribution is 14.0. The number of guanidine groups is 1. The van der Waals surface area contributed by atoms with Crippen LogP contribution in [0.5, 0.6) is 0 Å². The number of hydrogen-bond acceptors (Lipinski definition) is 4. The van der Waals surface area contributed by atoms with Gasteiger partial charge in [-0.15, -0.1) is 24.0 Å². The third-order valence-electron chi connectivity index (χ3n) is 3.72. The van der Waals surface area contributed by atoms with E-state index >= 15 is 0 Å². The lowest BCUT2D eigenvalue weighted by molar-refractivity contribution is -0.124. The molecule has 1 heterocycles. The maximum absolute atomic E-state index is 11.5. The first kappa shape index (κ1) is 23.9. The summed E-state index contributed by atoms with van der Waals surface area (Å²) in [5.41, 5.74) is 0. The largest absolute Gasteiger partial charge is 0.378 e. The molecule has 1 aliphatic rings. The summed E-state index contributed by atoms with van der Waals surface area (Å²) in [6.45, 7) is 11.3. The topological polar surface area (TPSA) is 95.1 Å². The quantitative estimate of drug-likeness (QED) is 0.193. The van der Waals surface area contributed by atoms with Gasteiger partial charge in [-0.05, 0) is 26.2 Å². The van der Waals surface area contributed by atoms with Gasteiger partial charge in [-0.1, -0.05) is 13.8 Å². The molecule has 25 heavy (non-hydrogen) atoms. The molecule has 3 amide bonds. The van der Waals surface area contributed by atoms with Crippen LogP contribution in [0.2, 0.25) is 0 Å². The van der Waals surface area contributed by atoms with Crippen LogP contribution in [0.15, 0.2) is 4.99 Å². The summed E-state index contributed by atoms with van der Waals surface area (Å²) in [6.07, 6.45) is 1.06. The van der Waals surface area contributed by atoms with E-state index < -0.39 is 0 Å². The summed E-state index contributed by atoms with van der Waals surface area (Å²) in [5, 5.41) is 8.81. The van der Waals surface area contributed by atoms with Crippen LogP contribution in [0.25, 0.3) is 0 Å². The minimum atomic E-state index is -0.333. The molecule has 0 aromatic carbocycles. The van der Waals surface area contributed by atoms with E-state index in [0.29, 0.717) is 38.1 Å². The molecular weight excluding hydrogens is 437 g/mol. The number of imide groups is 1. The van der Waals surface area contributed by atoms with Gasteiger partial charge in [0, 0.05) is 32.8 Å². The molecule has 146 valence electrons. The summed E-state index contributed by atoms with van der Waals surface area (Å²) in [5.74, 6) is 0.944. The van der Waals surface area contributed by atoms with Crippen molar-refractivity contribution in [1.29, 1.82) is 0 Å². The van der Waals surface area contributed by atoms with Crippen LogP contribution in [0.4, 0.5) is 4.79 Å². The third-order valence-corrected chi connectivity index (χ3v) is 3.72. The fourth-order valence-corrected chi connectivity index (χ4v) is 2.44. The maximum Gasteiger partial charge on any atom is 0.324 e. The predicted molar refractivity (Wildman–Crippen MR) is 109 cm³/mol. The van der Waals surface area contributed by atoms with Gasteiger partial charge in [0.15, 0.2) is 5.96 Å². The number of ether oxygens (including phenoxy) is 1. The molecule has 3 N–H and O–H groups in total. The van der Waals surface area contributed by atoms with Crippen LogP contribution in [0, 0.1) is 5.92 Å². The fraction of sp³-hybridized carbons (Fsp3) is 0.812. The van der Waals surface area contributed by atoms with Gasteiger partial charge in [-0.25, -0.2) is 4.79 Å². The average Bonchev–Trinajstić information content (AvgIpc) is 2.85. The molecule has 0 aromatic heterocycles. The highest BCUT2D eigenvalue weighted by Gasteiger charge is 2.27. The van der Waals surface area contributed by atoms with E-state index in [1.807, 2.05) is 13.8 Å². The molecule has 1 saturated heterocycles. The molecule has 1 unspecified atom stereocenters. The zero-order chi connectivity index (χ0) is 17.9. The second-order valence-electron chi connectivity index (χ2n) is 5.92. The molecule has 0 spiro atoms. The molecule has 1 rings (SSSR count). The van der Waals surface area contributed by atoms with Gasteiger partial charge in [0.1, 0.15) is 0 Å². The minimum absolute atomic E-state index is 0. The van der Waals surface area contributed by atoms with Crippen molar-refractivity contribution in [3.63, 3.8) is 0 Å². The first-order chi connectivity index (χ1) is 11.5. The van der Waals surface area contributed by atoms with Crippen molar-refractivity contribution in [1.82, 2.24) is 20.9 Å². The molecule has 0 aromatic rings. The summed E-state index contributed by atoms with van der Waals surface area (Å²) < 4.78 is 5.72. The van der Waals surface area contributed by atoms with Crippen LogP contribution in [0.3, 0.4) is 0 Å². The number of rotatable bonds is 10. The number of carbonyl (C=O) groups excluding carboxylic acids is 2. The fourth-order valence-electron chi connectivity index (χ4n) is 2.44. The van der Waals surface area contributed by atoms with E-state index in [2.05, 4.69) is 34.8 Å². The number of hydrogen-bond donors (Lipinski definition) is 3. The summed E-state index contributed by atoms with van der Waals surface area (Å²) >= 11 is 0. The molecular formula is C16H32IN5O3. The van der Waals surface area contributed by atoms with Crippen molar-refractivity contribution in [3.8, 4) is 0 Å². The van der Waals surface area contributed by atoms with Gasteiger partial charge < -0.3 is 20.7 Å². The van der Waals surface area contributed by atoms with Crippen LogP contribution in [-0.2, 0) is 9.53 Å². The summed E-state index contributed by atoms with van der Waals surface area (Å²) in [7, 11) is 0. The van der Waals surface area contributed by atoms with Gasteiger partial charge in [-0.2, -0.15) is 0 Å². The molecule has 1 fully saturated rings. The van der Waals surface area contributed by atoms with Gasteiger partial charge >= 0.3 is 6.03 Å². The van der Waals surface area contributed by atoms with E-state index in [-0.39, 0.29) is 48.6 Å². The molecule has 1 aliphatic heterocycles. The zero-order valence-corrected chi connectivity index (χ0v) is 18.0. The van der Waals surface area contributed by atoms with Crippen molar-refractivity contribution in [2.45, 2.75) is 40.2 Å². The highest BCUT2D eigenvalue weighted by atomic mass is 127. The number of urea groups is 1. The number of amides is 3. The van der Waals surface area contributed by atoms with Gasteiger partial charge in [0.2, 0.25) is 5.91 Å². The Bertz CT molecular complexity index is 429. The molecule has 0 radical (unpaired) electrons. The van der Waals surface area contributed by atoms with E-state index in [0.717, 1.165) is 13.0 Å². The smallest absolute Gasteiger partial charge is 0.324 e. The lowest BCUT2D eigenvalue weighted by Crippen LogP contribution is -2.43. The SMILES string of the molecule is CCNC(=NCCC(OCC)C(C)C)NCCN1C(=O)CNC1=O.I. The van der Waals surface area contributed by atoms with Crippen LogP contribution in [-0.4, -0.2) is 68.2 Å². The van der Waals surface area contributed by atoms with Crippen molar-refractivity contribution < 1.29 is 14.3 Å². The zero-order valence-electron chi connectivity index (χ0n) is 15.6. The van der Waals surface area contributed by atoms with Crippen molar-refractivity contribution in [2.75, 3.05) is 39.3 Å². The van der Waals surface area contributed by atoms with E-state index in [1.54, 1.807) is 0 Å². The Morgan fingerprint density at radius 2 is 2.04 bits per heavy atom. The molecule has 1 atom stereocenters. The maximum atomic E-state index is 11.5. The molecule has 0 saturated carbocycles. The first-order valence-electron chi connectivity index (χ1n) is 8.71. The monoisotopic (exact) mass is 469 g/mol. The van der Waals surface area contributed by atoms with Gasteiger partial charge in [0.25, 0.3) is 0 Å². The minimum Gasteiger partial charge on any atom is -0.378 e.